The van der Waals surface area contributed by atoms with Gasteiger partial charge < -0.3 is 19.3 Å². The van der Waals surface area contributed by atoms with Crippen molar-refractivity contribution in [1.29, 1.82) is 0 Å². The molecule has 2 rings (SSSR count). The third kappa shape index (κ3) is 7.80. The number of rotatable bonds is 14. The fourth-order valence-electron chi connectivity index (χ4n) is 3.32. The zero-order chi connectivity index (χ0) is 22.8. The van der Waals surface area contributed by atoms with E-state index >= 15 is 0 Å². The van der Waals surface area contributed by atoms with Crippen molar-refractivity contribution >= 4 is 5.88 Å². The number of ether oxygens (including phenoxy) is 1. The molecule has 1 heterocycles. The topological polar surface area (TPSA) is 62.0 Å². The van der Waals surface area contributed by atoms with Gasteiger partial charge in [-0.25, -0.2) is 0 Å². The van der Waals surface area contributed by atoms with Crippen LogP contribution in [0.25, 0.3) is 11.3 Å². The molecule has 31 heavy (non-hydrogen) atoms. The largest absolute Gasteiger partial charge is 0.389 e. The first-order valence-corrected chi connectivity index (χ1v) is 11.2. The van der Waals surface area contributed by atoms with Crippen molar-refractivity contribution in [3.8, 4) is 11.3 Å². The van der Waals surface area contributed by atoms with E-state index in [1.54, 1.807) is 6.08 Å². The smallest absolute Gasteiger partial charge is 0.232 e. The molecule has 172 valence electrons. The first-order valence-electron chi connectivity index (χ1n) is 11.2. The van der Waals surface area contributed by atoms with Crippen LogP contribution in [0.1, 0.15) is 39.7 Å². The van der Waals surface area contributed by atoms with Crippen LogP contribution in [0.2, 0.25) is 0 Å². The summed E-state index contributed by atoms with van der Waals surface area (Å²) >= 11 is 0. The quantitative estimate of drug-likeness (QED) is 0.350. The summed E-state index contributed by atoms with van der Waals surface area (Å²) in [6, 6.07) is 10.4. The highest BCUT2D eigenvalue weighted by Crippen LogP contribution is 2.33. The Balaban J connectivity index is 2.31. The summed E-state index contributed by atoms with van der Waals surface area (Å²) in [6.45, 7) is 15.1. The molecule has 0 saturated carbocycles. The third-order valence-corrected chi connectivity index (χ3v) is 5.33. The van der Waals surface area contributed by atoms with Gasteiger partial charge in [0.25, 0.3) is 0 Å². The third-order valence-electron chi connectivity index (χ3n) is 5.33. The van der Waals surface area contributed by atoms with Crippen LogP contribution in [0.4, 0.5) is 5.88 Å². The van der Waals surface area contributed by atoms with E-state index in [1.165, 1.54) is 0 Å². The minimum atomic E-state index is -0.571. The fourth-order valence-corrected chi connectivity index (χ4v) is 3.32. The lowest BCUT2D eigenvalue weighted by molar-refractivity contribution is 0.0237. The van der Waals surface area contributed by atoms with Gasteiger partial charge in [-0.3, -0.25) is 4.90 Å². The van der Waals surface area contributed by atoms with E-state index in [4.69, 9.17) is 9.26 Å². The van der Waals surface area contributed by atoms with E-state index in [-0.39, 0.29) is 12.6 Å². The molecule has 0 aliphatic rings. The van der Waals surface area contributed by atoms with Crippen molar-refractivity contribution in [1.82, 2.24) is 10.1 Å². The highest BCUT2D eigenvalue weighted by molar-refractivity contribution is 5.68. The normalized spacial score (nSPS) is 12.7. The molecule has 6 heteroatoms. The second-order valence-electron chi connectivity index (χ2n) is 8.78. The lowest BCUT2D eigenvalue weighted by Crippen LogP contribution is -2.36. The van der Waals surface area contributed by atoms with E-state index in [2.05, 4.69) is 61.4 Å². The Bertz CT molecular complexity index is 774. The fraction of sp³-hybridized carbons (Fsp3) is 0.560. The van der Waals surface area contributed by atoms with E-state index in [1.807, 2.05) is 25.2 Å². The molecule has 1 aromatic carbocycles. The van der Waals surface area contributed by atoms with Gasteiger partial charge in [0.05, 0.1) is 24.9 Å². The average Bonchev–Trinajstić information content (AvgIpc) is 3.15. The molecular weight excluding hydrogens is 390 g/mol. The van der Waals surface area contributed by atoms with Gasteiger partial charge in [-0.1, -0.05) is 55.4 Å². The molecule has 1 unspecified atom stereocenters. The molecule has 1 atom stereocenters. The Hall–Kier alpha value is -2.15. The lowest BCUT2D eigenvalue weighted by atomic mass is 10.1. The Kier molecular flexibility index (Phi) is 10.2. The number of benzene rings is 1. The van der Waals surface area contributed by atoms with Crippen LogP contribution in [0.5, 0.6) is 0 Å². The molecular formula is C25H39N3O3. The Morgan fingerprint density at radius 2 is 1.90 bits per heavy atom. The first kappa shape index (κ1) is 25.1. The van der Waals surface area contributed by atoms with Gasteiger partial charge in [0, 0.05) is 31.7 Å². The summed E-state index contributed by atoms with van der Waals surface area (Å²) in [4.78, 5) is 4.39. The van der Waals surface area contributed by atoms with Crippen LogP contribution in [-0.2, 0) is 11.3 Å². The summed E-state index contributed by atoms with van der Waals surface area (Å²) in [5, 5.41) is 15.0. The maximum absolute atomic E-state index is 10.5. The summed E-state index contributed by atoms with van der Waals surface area (Å²) < 4.78 is 11.3. The number of anilines is 1. The Labute approximate surface area is 187 Å². The van der Waals surface area contributed by atoms with Gasteiger partial charge in [-0.2, -0.15) is 0 Å². The number of aliphatic hydroxyl groups excluding tert-OH is 1. The molecule has 6 nitrogen and oxygen atoms in total. The van der Waals surface area contributed by atoms with Crippen molar-refractivity contribution < 1.29 is 14.4 Å². The minimum Gasteiger partial charge on any atom is -0.389 e. The molecule has 0 fully saturated rings. The van der Waals surface area contributed by atoms with Crippen LogP contribution in [-0.4, -0.2) is 60.7 Å². The highest BCUT2D eigenvalue weighted by atomic mass is 16.5. The Morgan fingerprint density at radius 3 is 2.52 bits per heavy atom. The maximum Gasteiger partial charge on any atom is 0.232 e. The van der Waals surface area contributed by atoms with Crippen molar-refractivity contribution in [2.24, 2.45) is 5.92 Å². The molecule has 0 amide bonds. The number of hydrogen-bond acceptors (Lipinski definition) is 6. The number of nitrogens with zero attached hydrogens (tertiary/aromatic N) is 3. The van der Waals surface area contributed by atoms with E-state index in [0.717, 1.165) is 35.7 Å². The van der Waals surface area contributed by atoms with Crippen molar-refractivity contribution in [3.05, 3.63) is 48.6 Å². The summed E-state index contributed by atoms with van der Waals surface area (Å²) in [6.07, 6.45) is 2.17. The highest BCUT2D eigenvalue weighted by Gasteiger charge is 2.25. The molecule has 0 saturated heterocycles. The summed E-state index contributed by atoms with van der Waals surface area (Å²) in [5.41, 5.74) is 2.93. The second-order valence-corrected chi connectivity index (χ2v) is 8.78. The molecule has 1 N–H and O–H groups in total. The van der Waals surface area contributed by atoms with Crippen molar-refractivity contribution in [3.63, 3.8) is 0 Å². The first-order chi connectivity index (χ1) is 14.8. The number of aromatic nitrogens is 1. The second kappa shape index (κ2) is 12.6. The van der Waals surface area contributed by atoms with Crippen molar-refractivity contribution in [2.45, 2.75) is 52.8 Å². The van der Waals surface area contributed by atoms with E-state index < -0.39 is 6.10 Å². The Morgan fingerprint density at radius 1 is 1.19 bits per heavy atom. The molecule has 0 bridgehead atoms. The number of hydrogen-bond donors (Lipinski definition) is 1. The lowest BCUT2D eigenvalue weighted by Gasteiger charge is -2.27. The predicted octanol–water partition coefficient (Wildman–Crippen LogP) is 4.60. The number of aliphatic hydroxyl groups is 1. The average molecular weight is 430 g/mol. The van der Waals surface area contributed by atoms with Gasteiger partial charge >= 0.3 is 0 Å². The zero-order valence-corrected chi connectivity index (χ0v) is 19.8. The zero-order valence-electron chi connectivity index (χ0n) is 19.8. The molecule has 0 aliphatic heterocycles. The van der Waals surface area contributed by atoms with Crippen LogP contribution >= 0.6 is 0 Å². The molecule has 1 aromatic heterocycles. The van der Waals surface area contributed by atoms with Crippen LogP contribution in [0, 0.1) is 5.92 Å². The standard InChI is InChI=1S/C25H39N3O3/c1-7-15-30-18-22(29)16-28(14-13-19(2)3)17-23-24(21-11-9-8-10-12-21)26-31-25(23)27(6)20(4)5/h7-12,19-20,22,29H,1,13-18H2,2-6H3. The SMILES string of the molecule is C=CCOCC(O)CN(CCC(C)C)Cc1c(-c2ccccc2)noc1N(C)C(C)C. The van der Waals surface area contributed by atoms with Gasteiger partial charge in [0.2, 0.25) is 5.88 Å². The maximum atomic E-state index is 10.5. The van der Waals surface area contributed by atoms with Gasteiger partial charge in [-0.05, 0) is 32.7 Å². The summed E-state index contributed by atoms with van der Waals surface area (Å²) in [7, 11) is 2.03. The van der Waals surface area contributed by atoms with Gasteiger partial charge in [0.1, 0.15) is 5.69 Å². The van der Waals surface area contributed by atoms with E-state index in [0.29, 0.717) is 25.6 Å². The van der Waals surface area contributed by atoms with Gasteiger partial charge in [-0.15, -0.1) is 6.58 Å². The predicted molar refractivity (Wildman–Crippen MR) is 127 cm³/mol. The monoisotopic (exact) mass is 429 g/mol. The molecule has 2 aromatic rings. The molecule has 0 spiro atoms. The minimum absolute atomic E-state index is 0.275. The van der Waals surface area contributed by atoms with Gasteiger partial charge in [0.15, 0.2) is 0 Å². The molecule has 0 radical (unpaired) electrons. The summed E-state index contributed by atoms with van der Waals surface area (Å²) in [5.74, 6) is 1.35. The van der Waals surface area contributed by atoms with Crippen LogP contribution < -0.4 is 4.90 Å². The van der Waals surface area contributed by atoms with Crippen LogP contribution in [0.3, 0.4) is 0 Å². The van der Waals surface area contributed by atoms with Crippen LogP contribution in [0.15, 0.2) is 47.5 Å². The van der Waals surface area contributed by atoms with Crippen molar-refractivity contribution in [2.75, 3.05) is 38.3 Å². The van der Waals surface area contributed by atoms with E-state index in [9.17, 15) is 5.11 Å². The molecule has 0 aliphatic carbocycles.